The van der Waals surface area contributed by atoms with Crippen LogP contribution in [0, 0.1) is 4.77 Å². The van der Waals surface area contributed by atoms with E-state index in [0.29, 0.717) is 40.9 Å². The number of rotatable bonds is 8. The Balaban J connectivity index is 1.90. The normalized spacial score (nSPS) is 11.0. The van der Waals surface area contributed by atoms with E-state index in [4.69, 9.17) is 26.4 Å². The van der Waals surface area contributed by atoms with Crippen LogP contribution in [0.1, 0.15) is 12.5 Å². The number of nitrogens with zero attached hydrogens (tertiary/aromatic N) is 3. The fourth-order valence-corrected chi connectivity index (χ4v) is 3.96. The third-order valence-corrected chi connectivity index (χ3v) is 5.79. The van der Waals surface area contributed by atoms with Gasteiger partial charge in [-0.2, -0.15) is 0 Å². The number of hydrogen-bond donors (Lipinski definition) is 1. The van der Waals surface area contributed by atoms with Gasteiger partial charge < -0.3 is 19.3 Å². The van der Waals surface area contributed by atoms with Crippen LogP contribution >= 0.6 is 12.2 Å². The van der Waals surface area contributed by atoms with Crippen molar-refractivity contribution in [3.63, 3.8) is 0 Å². The Labute approximate surface area is 213 Å². The minimum absolute atomic E-state index is 0.0240. The van der Waals surface area contributed by atoms with E-state index < -0.39 is 5.56 Å². The zero-order valence-corrected chi connectivity index (χ0v) is 20.9. The maximum atomic E-state index is 13.6. The summed E-state index contributed by atoms with van der Waals surface area (Å²) in [4.78, 5) is 18.0. The molecule has 0 radical (unpaired) electrons. The van der Waals surface area contributed by atoms with Gasteiger partial charge >= 0.3 is 0 Å². The first kappa shape index (κ1) is 24.7. The van der Waals surface area contributed by atoms with Gasteiger partial charge in [0.15, 0.2) is 4.77 Å². The molecule has 3 aromatic carbocycles. The molecule has 0 spiro atoms. The van der Waals surface area contributed by atoms with E-state index in [1.165, 1.54) is 15.3 Å². The van der Waals surface area contributed by atoms with Crippen molar-refractivity contribution in [3.8, 4) is 34.5 Å². The Kier molecular flexibility index (Phi) is 7.50. The molecule has 1 N–H and O–H groups in total. The molecular weight excluding hydrogens is 478 g/mol. The van der Waals surface area contributed by atoms with Crippen LogP contribution in [-0.2, 0) is 0 Å². The van der Waals surface area contributed by atoms with Crippen LogP contribution in [0.4, 0.5) is 5.69 Å². The summed E-state index contributed by atoms with van der Waals surface area (Å²) in [5.74, 6) is 1.67. The van der Waals surface area contributed by atoms with Gasteiger partial charge in [0.1, 0.15) is 22.8 Å². The van der Waals surface area contributed by atoms with Crippen molar-refractivity contribution in [2.45, 2.75) is 6.92 Å². The molecular formula is C27H25N3O5S. The van der Waals surface area contributed by atoms with Crippen LogP contribution in [0.25, 0.3) is 11.4 Å². The number of aliphatic imine (C=N–C) groups is 1. The van der Waals surface area contributed by atoms with Crippen molar-refractivity contribution < 1.29 is 19.3 Å². The van der Waals surface area contributed by atoms with Crippen molar-refractivity contribution >= 4 is 24.1 Å². The minimum Gasteiger partial charge on any atom is -0.497 e. The van der Waals surface area contributed by atoms with E-state index in [1.807, 2.05) is 6.92 Å². The Hall–Kier alpha value is -4.37. The van der Waals surface area contributed by atoms with Crippen LogP contribution in [0.2, 0.25) is 0 Å². The number of aromatic nitrogens is 2. The zero-order chi connectivity index (χ0) is 25.7. The molecule has 184 valence electrons. The van der Waals surface area contributed by atoms with Gasteiger partial charge in [-0.05, 0) is 91.9 Å². The van der Waals surface area contributed by atoms with E-state index >= 15 is 0 Å². The van der Waals surface area contributed by atoms with Gasteiger partial charge in [0.2, 0.25) is 5.88 Å². The van der Waals surface area contributed by atoms with E-state index in [-0.39, 0.29) is 16.2 Å². The van der Waals surface area contributed by atoms with Crippen molar-refractivity contribution in [2.75, 3.05) is 20.8 Å². The van der Waals surface area contributed by atoms with Crippen LogP contribution < -0.4 is 19.8 Å². The third-order valence-electron chi connectivity index (χ3n) is 5.42. The minimum atomic E-state index is -0.512. The number of benzene rings is 3. The zero-order valence-electron chi connectivity index (χ0n) is 20.0. The highest BCUT2D eigenvalue weighted by Crippen LogP contribution is 2.25. The molecule has 8 nitrogen and oxygen atoms in total. The van der Waals surface area contributed by atoms with Gasteiger partial charge in [0, 0.05) is 6.21 Å². The highest BCUT2D eigenvalue weighted by atomic mass is 32.1. The Morgan fingerprint density at radius 2 is 1.33 bits per heavy atom. The van der Waals surface area contributed by atoms with Gasteiger partial charge in [0.25, 0.3) is 5.56 Å². The lowest BCUT2D eigenvalue weighted by molar-refractivity contribution is 0.340. The van der Waals surface area contributed by atoms with Crippen LogP contribution in [0.15, 0.2) is 82.6 Å². The standard InChI is InChI=1S/C27H25N3O5S/c1-4-35-23-11-5-18(6-12-23)28-17-24-25(31)29(19-7-13-21(33-2)14-8-19)27(36)30(26(24)32)20-9-15-22(34-3)16-10-20/h5-17,31H,4H2,1-3H3. The van der Waals surface area contributed by atoms with E-state index in [1.54, 1.807) is 87.0 Å². The average molecular weight is 504 g/mol. The summed E-state index contributed by atoms with van der Waals surface area (Å²) in [6.45, 7) is 2.46. The lowest BCUT2D eigenvalue weighted by Gasteiger charge is -2.17. The number of aromatic hydroxyl groups is 1. The van der Waals surface area contributed by atoms with E-state index in [2.05, 4.69) is 4.99 Å². The number of hydrogen-bond acceptors (Lipinski definition) is 7. The molecule has 4 aromatic rings. The van der Waals surface area contributed by atoms with Crippen LogP contribution in [0.5, 0.6) is 23.1 Å². The Bertz CT molecular complexity index is 1490. The maximum Gasteiger partial charge on any atom is 0.271 e. The first-order chi connectivity index (χ1) is 17.5. The monoisotopic (exact) mass is 503 g/mol. The van der Waals surface area contributed by atoms with Gasteiger partial charge in [-0.15, -0.1) is 0 Å². The van der Waals surface area contributed by atoms with Gasteiger partial charge in [-0.1, -0.05) is 0 Å². The highest BCUT2D eigenvalue weighted by Gasteiger charge is 2.18. The maximum absolute atomic E-state index is 13.6. The molecule has 0 fully saturated rings. The molecule has 1 heterocycles. The summed E-state index contributed by atoms with van der Waals surface area (Å²) < 4.78 is 18.8. The smallest absolute Gasteiger partial charge is 0.271 e. The first-order valence-electron chi connectivity index (χ1n) is 11.1. The lowest BCUT2D eigenvalue weighted by atomic mass is 10.2. The molecule has 0 aliphatic heterocycles. The summed E-state index contributed by atoms with van der Waals surface area (Å²) >= 11 is 5.67. The summed E-state index contributed by atoms with van der Waals surface area (Å²) in [6.07, 6.45) is 1.34. The highest BCUT2D eigenvalue weighted by molar-refractivity contribution is 7.71. The summed E-state index contributed by atoms with van der Waals surface area (Å²) in [5, 5.41) is 11.2. The van der Waals surface area contributed by atoms with Gasteiger partial charge in [0.05, 0.1) is 37.9 Å². The fourth-order valence-electron chi connectivity index (χ4n) is 3.58. The topological polar surface area (TPSA) is 87.2 Å². The Morgan fingerprint density at radius 1 is 0.833 bits per heavy atom. The summed E-state index contributed by atoms with van der Waals surface area (Å²) in [5.41, 5.74) is 1.12. The van der Waals surface area contributed by atoms with Gasteiger partial charge in [-0.25, -0.2) is 0 Å². The second-order valence-electron chi connectivity index (χ2n) is 7.58. The molecule has 0 bridgehead atoms. The van der Waals surface area contributed by atoms with E-state index in [0.717, 1.165) is 0 Å². The second kappa shape index (κ2) is 10.9. The van der Waals surface area contributed by atoms with Crippen molar-refractivity contribution in [3.05, 3.63) is 93.5 Å². The Morgan fingerprint density at radius 3 is 1.83 bits per heavy atom. The summed E-state index contributed by atoms with van der Waals surface area (Å²) in [6, 6.07) is 21.0. The average Bonchev–Trinajstić information content (AvgIpc) is 2.90. The van der Waals surface area contributed by atoms with E-state index in [9.17, 15) is 9.90 Å². The quantitative estimate of drug-likeness (QED) is 0.262. The van der Waals surface area contributed by atoms with Crippen molar-refractivity contribution in [1.29, 1.82) is 0 Å². The predicted octanol–water partition coefficient (Wildman–Crippen LogP) is 5.23. The van der Waals surface area contributed by atoms with Crippen LogP contribution in [-0.4, -0.2) is 41.3 Å². The second-order valence-corrected chi connectivity index (χ2v) is 7.94. The fraction of sp³-hybridized carbons (Fsp3) is 0.148. The predicted molar refractivity (Wildman–Crippen MR) is 142 cm³/mol. The molecule has 0 aliphatic rings. The first-order valence-corrected chi connectivity index (χ1v) is 11.5. The molecule has 0 atom stereocenters. The van der Waals surface area contributed by atoms with Gasteiger partial charge in [-0.3, -0.25) is 18.9 Å². The number of methoxy groups -OCH3 is 2. The largest absolute Gasteiger partial charge is 0.497 e. The molecule has 4 rings (SSSR count). The lowest BCUT2D eigenvalue weighted by Crippen LogP contribution is -2.27. The SMILES string of the molecule is CCOc1ccc(N=Cc2c(O)n(-c3ccc(OC)cc3)c(=S)n(-c3ccc(OC)cc3)c2=O)cc1. The number of ether oxygens (including phenoxy) is 3. The molecule has 0 saturated carbocycles. The molecule has 36 heavy (non-hydrogen) atoms. The molecule has 0 unspecified atom stereocenters. The molecule has 0 amide bonds. The molecule has 9 heteroatoms. The van der Waals surface area contributed by atoms with Crippen molar-refractivity contribution in [2.24, 2.45) is 4.99 Å². The molecule has 0 aliphatic carbocycles. The summed E-state index contributed by atoms with van der Waals surface area (Å²) in [7, 11) is 3.13. The molecule has 1 aromatic heterocycles. The van der Waals surface area contributed by atoms with Crippen molar-refractivity contribution in [1.82, 2.24) is 9.13 Å². The van der Waals surface area contributed by atoms with Crippen LogP contribution in [0.3, 0.4) is 0 Å². The molecule has 0 saturated heterocycles. The third kappa shape index (κ3) is 5.01.